The van der Waals surface area contributed by atoms with Crippen LogP contribution in [0.1, 0.15) is 51.4 Å². The van der Waals surface area contributed by atoms with Crippen molar-refractivity contribution in [2.75, 3.05) is 20.1 Å². The highest BCUT2D eigenvalue weighted by Gasteiger charge is 2.48. The average molecular weight is 333 g/mol. The highest BCUT2D eigenvalue weighted by atomic mass is 16.2. The first-order chi connectivity index (χ1) is 11.6. The predicted molar refractivity (Wildman–Crippen MR) is 92.3 cm³/mol. The van der Waals surface area contributed by atoms with Crippen LogP contribution >= 0.6 is 0 Å². The van der Waals surface area contributed by atoms with Crippen molar-refractivity contribution in [2.24, 2.45) is 23.7 Å². The number of hydrogen-bond donors (Lipinski definition) is 2. The van der Waals surface area contributed by atoms with Gasteiger partial charge in [0.25, 0.3) is 0 Å². The van der Waals surface area contributed by atoms with Crippen molar-refractivity contribution in [1.82, 2.24) is 15.5 Å². The lowest BCUT2D eigenvalue weighted by Crippen LogP contribution is -2.58. The second kappa shape index (κ2) is 6.66. The summed E-state index contributed by atoms with van der Waals surface area (Å²) < 4.78 is 0. The summed E-state index contributed by atoms with van der Waals surface area (Å²) in [4.78, 5) is 26.8. The molecular formula is C19H31N3O2. The Labute approximate surface area is 144 Å². The van der Waals surface area contributed by atoms with Gasteiger partial charge in [-0.2, -0.15) is 0 Å². The number of rotatable bonds is 4. The van der Waals surface area contributed by atoms with Crippen LogP contribution in [0.4, 0.5) is 0 Å². The Morgan fingerprint density at radius 3 is 2.29 bits per heavy atom. The molecule has 4 bridgehead atoms. The SMILES string of the molecule is CNC(=O)C1CCCCN1CC(=O)NC1C2CC3CC(C2)CC1C3. The van der Waals surface area contributed by atoms with Crippen LogP contribution in [-0.2, 0) is 9.59 Å². The molecule has 0 aromatic carbocycles. The molecule has 24 heavy (non-hydrogen) atoms. The van der Waals surface area contributed by atoms with Gasteiger partial charge < -0.3 is 10.6 Å². The van der Waals surface area contributed by atoms with Crippen LogP contribution < -0.4 is 10.6 Å². The Morgan fingerprint density at radius 1 is 1.00 bits per heavy atom. The van der Waals surface area contributed by atoms with E-state index >= 15 is 0 Å². The average Bonchev–Trinajstić information content (AvgIpc) is 2.57. The highest BCUT2D eigenvalue weighted by Crippen LogP contribution is 2.53. The summed E-state index contributed by atoms with van der Waals surface area (Å²) in [7, 11) is 1.68. The molecule has 5 heteroatoms. The van der Waals surface area contributed by atoms with Crippen LogP contribution in [0.15, 0.2) is 0 Å². The van der Waals surface area contributed by atoms with E-state index in [0.29, 0.717) is 24.4 Å². The van der Waals surface area contributed by atoms with Crippen LogP contribution in [0, 0.1) is 23.7 Å². The largest absolute Gasteiger partial charge is 0.358 e. The summed E-state index contributed by atoms with van der Waals surface area (Å²) in [6.07, 6.45) is 9.75. The molecule has 134 valence electrons. The van der Waals surface area contributed by atoms with E-state index in [-0.39, 0.29) is 17.9 Å². The van der Waals surface area contributed by atoms with E-state index in [4.69, 9.17) is 0 Å². The molecule has 1 unspecified atom stereocenters. The Morgan fingerprint density at radius 2 is 1.67 bits per heavy atom. The van der Waals surface area contributed by atoms with Crippen LogP contribution in [0.5, 0.6) is 0 Å². The third kappa shape index (κ3) is 3.07. The van der Waals surface area contributed by atoms with Gasteiger partial charge in [0.1, 0.15) is 0 Å². The molecule has 1 aliphatic heterocycles. The molecule has 5 fully saturated rings. The van der Waals surface area contributed by atoms with Crippen LogP contribution in [-0.4, -0.2) is 48.9 Å². The maximum Gasteiger partial charge on any atom is 0.237 e. The van der Waals surface area contributed by atoms with Gasteiger partial charge in [0.2, 0.25) is 11.8 Å². The molecule has 2 N–H and O–H groups in total. The van der Waals surface area contributed by atoms with Crippen LogP contribution in [0.25, 0.3) is 0 Å². The molecule has 5 nitrogen and oxygen atoms in total. The fraction of sp³-hybridized carbons (Fsp3) is 0.895. The number of likely N-dealkylation sites (tertiary alicyclic amines) is 1. The monoisotopic (exact) mass is 333 g/mol. The van der Waals surface area contributed by atoms with Crippen molar-refractivity contribution in [3.05, 3.63) is 0 Å². The van der Waals surface area contributed by atoms with E-state index in [1.54, 1.807) is 7.05 Å². The van der Waals surface area contributed by atoms with Crippen LogP contribution in [0.3, 0.4) is 0 Å². The molecule has 5 aliphatic rings. The van der Waals surface area contributed by atoms with Crippen molar-refractivity contribution < 1.29 is 9.59 Å². The number of nitrogens with zero attached hydrogens (tertiary/aromatic N) is 1. The summed E-state index contributed by atoms with van der Waals surface area (Å²) in [5.41, 5.74) is 0. The van der Waals surface area contributed by atoms with Crippen molar-refractivity contribution in [1.29, 1.82) is 0 Å². The lowest BCUT2D eigenvalue weighted by Gasteiger charge is -2.54. The predicted octanol–water partition coefficient (Wildman–Crippen LogP) is 1.53. The summed E-state index contributed by atoms with van der Waals surface area (Å²) in [5, 5.41) is 6.12. The summed E-state index contributed by atoms with van der Waals surface area (Å²) >= 11 is 0. The Balaban J connectivity index is 1.35. The van der Waals surface area contributed by atoms with Gasteiger partial charge in [-0.3, -0.25) is 14.5 Å². The lowest BCUT2D eigenvalue weighted by atomic mass is 9.54. The number of amides is 2. The number of likely N-dealkylation sites (N-methyl/N-ethyl adjacent to an activating group) is 1. The van der Waals surface area contributed by atoms with Gasteiger partial charge in [-0.1, -0.05) is 6.42 Å². The fourth-order valence-electron chi connectivity index (χ4n) is 6.22. The van der Waals surface area contributed by atoms with Gasteiger partial charge in [0, 0.05) is 13.1 Å². The molecule has 0 aromatic rings. The zero-order valence-electron chi connectivity index (χ0n) is 14.8. The van der Waals surface area contributed by atoms with Gasteiger partial charge >= 0.3 is 0 Å². The molecule has 4 saturated carbocycles. The van der Waals surface area contributed by atoms with Crippen LogP contribution in [0.2, 0.25) is 0 Å². The quantitative estimate of drug-likeness (QED) is 0.820. The number of nitrogens with one attached hydrogen (secondary N) is 2. The number of piperidine rings is 1. The van der Waals surface area contributed by atoms with Gasteiger partial charge in [0.15, 0.2) is 0 Å². The Kier molecular flexibility index (Phi) is 4.54. The molecule has 1 atom stereocenters. The van der Waals surface area contributed by atoms with E-state index < -0.39 is 0 Å². The minimum Gasteiger partial charge on any atom is -0.358 e. The molecule has 5 rings (SSSR count). The van der Waals surface area contributed by atoms with Gasteiger partial charge in [0.05, 0.1) is 12.6 Å². The molecule has 4 aliphatic carbocycles. The van der Waals surface area contributed by atoms with Crippen molar-refractivity contribution in [3.8, 4) is 0 Å². The fourth-order valence-corrected chi connectivity index (χ4v) is 6.22. The topological polar surface area (TPSA) is 61.4 Å². The van der Waals surface area contributed by atoms with Gasteiger partial charge in [-0.05, 0) is 75.2 Å². The van der Waals surface area contributed by atoms with E-state index in [1.165, 1.54) is 32.1 Å². The minimum atomic E-state index is -0.131. The van der Waals surface area contributed by atoms with Gasteiger partial charge in [-0.25, -0.2) is 0 Å². The normalized spacial score (nSPS) is 41.2. The third-order valence-electron chi connectivity index (χ3n) is 7.06. The number of hydrogen-bond acceptors (Lipinski definition) is 3. The van der Waals surface area contributed by atoms with Crippen molar-refractivity contribution in [2.45, 2.75) is 63.5 Å². The molecule has 2 amide bonds. The first-order valence-corrected chi connectivity index (χ1v) is 9.89. The summed E-state index contributed by atoms with van der Waals surface area (Å²) in [6.45, 7) is 1.23. The van der Waals surface area contributed by atoms with Crippen molar-refractivity contribution >= 4 is 11.8 Å². The maximum atomic E-state index is 12.7. The summed E-state index contributed by atoms with van der Waals surface area (Å²) in [6, 6.07) is 0.265. The zero-order chi connectivity index (χ0) is 16.7. The van der Waals surface area contributed by atoms with E-state index in [0.717, 1.165) is 37.6 Å². The lowest BCUT2D eigenvalue weighted by molar-refractivity contribution is -0.131. The van der Waals surface area contributed by atoms with Gasteiger partial charge in [-0.15, -0.1) is 0 Å². The number of carbonyl (C=O) groups excluding carboxylic acids is 2. The maximum absolute atomic E-state index is 12.7. The Bertz CT molecular complexity index is 479. The Hall–Kier alpha value is -1.10. The smallest absolute Gasteiger partial charge is 0.237 e. The number of carbonyl (C=O) groups is 2. The molecule has 0 aromatic heterocycles. The highest BCUT2D eigenvalue weighted by molar-refractivity contribution is 5.83. The van der Waals surface area contributed by atoms with Crippen molar-refractivity contribution in [3.63, 3.8) is 0 Å². The standard InChI is InChI=1S/C19H31N3O2/c1-20-19(24)16-4-2-3-5-22(16)11-17(23)21-18-14-7-12-6-13(9-14)10-15(18)8-12/h12-16,18H,2-11H2,1H3,(H,20,24)(H,21,23). The molecule has 0 spiro atoms. The third-order valence-corrected chi connectivity index (χ3v) is 7.06. The van der Waals surface area contributed by atoms with E-state index in [9.17, 15) is 9.59 Å². The zero-order valence-corrected chi connectivity index (χ0v) is 14.8. The first kappa shape index (κ1) is 16.4. The molecule has 1 saturated heterocycles. The molecule has 0 radical (unpaired) electrons. The molecular weight excluding hydrogens is 302 g/mol. The van der Waals surface area contributed by atoms with E-state index in [1.807, 2.05) is 0 Å². The van der Waals surface area contributed by atoms with E-state index in [2.05, 4.69) is 15.5 Å². The minimum absolute atomic E-state index is 0.0529. The second-order valence-corrected chi connectivity index (χ2v) is 8.62. The first-order valence-electron chi connectivity index (χ1n) is 9.89. The second-order valence-electron chi connectivity index (χ2n) is 8.62. The molecule has 1 heterocycles. The summed E-state index contributed by atoms with van der Waals surface area (Å²) in [5.74, 6) is 3.46.